The molecule has 136 valence electrons. The first kappa shape index (κ1) is 19.0. The molecule has 1 aromatic heterocycles. The van der Waals surface area contributed by atoms with E-state index >= 15 is 0 Å². The number of unbranched alkanes of at least 4 members (excludes halogenated alkanes) is 7. The van der Waals surface area contributed by atoms with Gasteiger partial charge >= 0.3 is 0 Å². The third-order valence-electron chi connectivity index (χ3n) is 4.18. The Balaban J connectivity index is 1.69. The number of benzene rings is 1. The molecule has 0 aliphatic carbocycles. The van der Waals surface area contributed by atoms with Crippen LogP contribution in [0.5, 0.6) is 5.75 Å². The lowest BCUT2D eigenvalue weighted by molar-refractivity contribution is 0.0996. The molecular formula is C19H28N4O2. The van der Waals surface area contributed by atoms with Gasteiger partial charge in [-0.05, 0) is 30.7 Å². The molecule has 0 fully saturated rings. The molecule has 0 aliphatic heterocycles. The molecule has 0 saturated carbocycles. The Morgan fingerprint density at radius 2 is 1.64 bits per heavy atom. The van der Waals surface area contributed by atoms with Gasteiger partial charge in [0.05, 0.1) is 6.61 Å². The van der Waals surface area contributed by atoms with E-state index < -0.39 is 5.91 Å². The molecule has 6 nitrogen and oxygen atoms in total. The number of carbonyl (C=O) groups excluding carboxylic acids is 1. The summed E-state index contributed by atoms with van der Waals surface area (Å²) in [5.74, 6) is 0.217. The molecule has 2 aromatic rings. The van der Waals surface area contributed by atoms with Crippen molar-refractivity contribution < 1.29 is 9.53 Å². The number of amides is 1. The quantitative estimate of drug-likeness (QED) is 0.567. The Hall–Kier alpha value is -2.37. The van der Waals surface area contributed by atoms with Gasteiger partial charge in [-0.25, -0.2) is 0 Å². The summed E-state index contributed by atoms with van der Waals surface area (Å²) in [5.41, 5.74) is 6.67. The van der Waals surface area contributed by atoms with Crippen LogP contribution in [0.2, 0.25) is 0 Å². The summed E-state index contributed by atoms with van der Waals surface area (Å²) in [6.45, 7) is 2.97. The van der Waals surface area contributed by atoms with E-state index in [2.05, 4.69) is 22.3 Å². The monoisotopic (exact) mass is 344 g/mol. The number of nitrogens with one attached hydrogen (secondary N) is 1. The smallest absolute Gasteiger partial charge is 0.271 e. The van der Waals surface area contributed by atoms with E-state index in [0.29, 0.717) is 5.69 Å². The predicted molar refractivity (Wildman–Crippen MR) is 98.4 cm³/mol. The molecule has 1 heterocycles. The van der Waals surface area contributed by atoms with Crippen LogP contribution in [-0.4, -0.2) is 27.9 Å². The third kappa shape index (κ3) is 6.21. The van der Waals surface area contributed by atoms with Crippen LogP contribution in [-0.2, 0) is 0 Å². The highest BCUT2D eigenvalue weighted by Crippen LogP contribution is 2.22. The number of aromatic amines is 1. The summed E-state index contributed by atoms with van der Waals surface area (Å²) in [6.07, 6.45) is 10.3. The van der Waals surface area contributed by atoms with Crippen molar-refractivity contribution >= 4 is 5.91 Å². The molecule has 2 rings (SSSR count). The maximum absolute atomic E-state index is 11.3. The molecule has 1 aromatic carbocycles. The van der Waals surface area contributed by atoms with Gasteiger partial charge in [0.15, 0.2) is 5.69 Å². The van der Waals surface area contributed by atoms with Crippen LogP contribution in [0.15, 0.2) is 24.3 Å². The molecule has 6 heteroatoms. The van der Waals surface area contributed by atoms with Gasteiger partial charge in [0.2, 0.25) is 0 Å². The van der Waals surface area contributed by atoms with Gasteiger partial charge in [0, 0.05) is 5.56 Å². The average molecular weight is 344 g/mol. The Morgan fingerprint density at radius 3 is 2.28 bits per heavy atom. The van der Waals surface area contributed by atoms with E-state index in [0.717, 1.165) is 24.3 Å². The van der Waals surface area contributed by atoms with Crippen molar-refractivity contribution in [3.05, 3.63) is 30.0 Å². The van der Waals surface area contributed by atoms with Crippen molar-refractivity contribution in [1.82, 2.24) is 15.4 Å². The minimum atomic E-state index is -0.598. The standard InChI is InChI=1S/C19H28N4O2/c1-2-3-4-5-6-7-8-9-14-25-16-12-10-15(11-13-16)17-18(19(20)24)22-23-21-17/h10-13H,2-9,14H2,1H3,(H2,20,24)(H,21,22,23). The van der Waals surface area contributed by atoms with E-state index in [1.54, 1.807) is 0 Å². The van der Waals surface area contributed by atoms with Gasteiger partial charge in [-0.15, -0.1) is 0 Å². The summed E-state index contributed by atoms with van der Waals surface area (Å²) in [5, 5.41) is 10.2. The van der Waals surface area contributed by atoms with Crippen molar-refractivity contribution in [3.8, 4) is 17.0 Å². The Labute approximate surface area is 149 Å². The maximum atomic E-state index is 11.3. The lowest BCUT2D eigenvalue weighted by Gasteiger charge is -2.07. The Morgan fingerprint density at radius 1 is 1.00 bits per heavy atom. The maximum Gasteiger partial charge on any atom is 0.271 e. The third-order valence-corrected chi connectivity index (χ3v) is 4.18. The van der Waals surface area contributed by atoms with Gasteiger partial charge in [0.25, 0.3) is 5.91 Å². The molecule has 0 bridgehead atoms. The lowest BCUT2D eigenvalue weighted by Crippen LogP contribution is -2.12. The zero-order chi connectivity index (χ0) is 17.9. The number of rotatable bonds is 12. The number of hydrogen-bond donors (Lipinski definition) is 2. The SMILES string of the molecule is CCCCCCCCCCOc1ccc(-c2n[nH]nc2C(N)=O)cc1. The number of ether oxygens (including phenoxy) is 1. The van der Waals surface area contributed by atoms with E-state index in [1.807, 2.05) is 24.3 Å². The summed E-state index contributed by atoms with van der Waals surface area (Å²) < 4.78 is 5.77. The van der Waals surface area contributed by atoms with Gasteiger partial charge < -0.3 is 10.5 Å². The zero-order valence-corrected chi connectivity index (χ0v) is 15.0. The number of carbonyl (C=O) groups is 1. The summed E-state index contributed by atoms with van der Waals surface area (Å²) in [6, 6.07) is 7.46. The van der Waals surface area contributed by atoms with Crippen LogP contribution in [0.3, 0.4) is 0 Å². The zero-order valence-electron chi connectivity index (χ0n) is 15.0. The lowest BCUT2D eigenvalue weighted by atomic mass is 10.1. The Kier molecular flexibility index (Phi) is 7.95. The fourth-order valence-corrected chi connectivity index (χ4v) is 2.74. The molecule has 0 aliphatic rings. The molecule has 0 atom stereocenters. The highest BCUT2D eigenvalue weighted by Gasteiger charge is 2.14. The van der Waals surface area contributed by atoms with Crippen molar-refractivity contribution in [1.29, 1.82) is 0 Å². The second-order valence-electron chi connectivity index (χ2n) is 6.23. The normalized spacial score (nSPS) is 10.8. The topological polar surface area (TPSA) is 93.9 Å². The summed E-state index contributed by atoms with van der Waals surface area (Å²) in [7, 11) is 0. The van der Waals surface area contributed by atoms with Crippen LogP contribution in [0.4, 0.5) is 0 Å². The number of hydrogen-bond acceptors (Lipinski definition) is 4. The van der Waals surface area contributed by atoms with Crippen molar-refractivity contribution in [3.63, 3.8) is 0 Å². The molecule has 0 unspecified atom stereocenters. The van der Waals surface area contributed by atoms with Gasteiger partial charge in [0.1, 0.15) is 11.4 Å². The van der Waals surface area contributed by atoms with E-state index in [4.69, 9.17) is 10.5 Å². The largest absolute Gasteiger partial charge is 0.494 e. The number of primary amides is 1. The van der Waals surface area contributed by atoms with Crippen LogP contribution >= 0.6 is 0 Å². The molecule has 1 amide bonds. The highest BCUT2D eigenvalue weighted by atomic mass is 16.5. The minimum Gasteiger partial charge on any atom is -0.494 e. The number of H-pyrrole nitrogens is 1. The van der Waals surface area contributed by atoms with Gasteiger partial charge in [-0.3, -0.25) is 4.79 Å². The molecular weight excluding hydrogens is 316 g/mol. The number of aromatic nitrogens is 3. The fraction of sp³-hybridized carbons (Fsp3) is 0.526. The van der Waals surface area contributed by atoms with Crippen molar-refractivity contribution in [2.75, 3.05) is 6.61 Å². The Bertz CT molecular complexity index is 637. The first-order valence-corrected chi connectivity index (χ1v) is 9.16. The van der Waals surface area contributed by atoms with E-state index in [-0.39, 0.29) is 5.69 Å². The van der Waals surface area contributed by atoms with E-state index in [1.165, 1.54) is 44.9 Å². The molecule has 0 radical (unpaired) electrons. The van der Waals surface area contributed by atoms with Crippen LogP contribution < -0.4 is 10.5 Å². The van der Waals surface area contributed by atoms with Crippen LogP contribution in [0.25, 0.3) is 11.3 Å². The predicted octanol–water partition coefficient (Wildman–Crippen LogP) is 4.09. The first-order chi connectivity index (χ1) is 12.2. The number of nitrogens with two attached hydrogens (primary N) is 1. The second kappa shape index (κ2) is 10.5. The molecule has 0 saturated heterocycles. The van der Waals surface area contributed by atoms with Crippen LogP contribution in [0, 0.1) is 0 Å². The number of nitrogens with zero attached hydrogens (tertiary/aromatic N) is 2. The summed E-state index contributed by atoms with van der Waals surface area (Å²) in [4.78, 5) is 11.3. The van der Waals surface area contributed by atoms with Crippen molar-refractivity contribution in [2.24, 2.45) is 5.73 Å². The average Bonchev–Trinajstić information content (AvgIpc) is 3.11. The fourth-order valence-electron chi connectivity index (χ4n) is 2.74. The first-order valence-electron chi connectivity index (χ1n) is 9.16. The summed E-state index contributed by atoms with van der Waals surface area (Å²) >= 11 is 0. The van der Waals surface area contributed by atoms with Gasteiger partial charge in [-0.1, -0.05) is 51.9 Å². The second-order valence-corrected chi connectivity index (χ2v) is 6.23. The molecule has 3 N–H and O–H groups in total. The molecule has 25 heavy (non-hydrogen) atoms. The van der Waals surface area contributed by atoms with Crippen molar-refractivity contribution in [2.45, 2.75) is 58.3 Å². The van der Waals surface area contributed by atoms with Crippen LogP contribution in [0.1, 0.15) is 68.8 Å². The minimum absolute atomic E-state index is 0.146. The highest BCUT2D eigenvalue weighted by molar-refractivity contribution is 5.96. The van der Waals surface area contributed by atoms with E-state index in [9.17, 15) is 4.79 Å². The van der Waals surface area contributed by atoms with Gasteiger partial charge in [-0.2, -0.15) is 15.4 Å². The molecule has 0 spiro atoms.